The number of carbonyl (C=O) groups excluding carboxylic acids is 1. The summed E-state index contributed by atoms with van der Waals surface area (Å²) in [7, 11) is 1.80. The molecule has 1 heterocycles. The maximum atomic E-state index is 13.2. The number of hydrogen-bond acceptors (Lipinski definition) is 11. The molecule has 0 spiro atoms. The molecule has 12 nitrogen and oxygen atoms in total. The van der Waals surface area contributed by atoms with Crippen molar-refractivity contribution in [3.05, 3.63) is 33.9 Å². The number of alkyl halides is 3. The minimum absolute atomic E-state index is 0.168. The lowest BCUT2D eigenvalue weighted by Gasteiger charge is -2.30. The average molecular weight is 495 g/mol. The van der Waals surface area contributed by atoms with E-state index in [9.17, 15) is 33.3 Å². The Morgan fingerprint density at radius 1 is 1.31 bits per heavy atom. The largest absolute Gasteiger partial charge is 0.475 e. The van der Waals surface area contributed by atoms with Gasteiger partial charge in [-0.2, -0.15) is 13.2 Å². The number of aliphatic hydroxyl groups excluding tert-OH is 1. The zero-order valence-corrected chi connectivity index (χ0v) is 17.4. The van der Waals surface area contributed by atoms with E-state index in [0.29, 0.717) is 6.54 Å². The predicted octanol–water partition coefficient (Wildman–Crippen LogP) is -1.66. The summed E-state index contributed by atoms with van der Waals surface area (Å²) >= 11 is 5.73. The summed E-state index contributed by atoms with van der Waals surface area (Å²) in [5, 5.41) is 45.2. The lowest BCUT2D eigenvalue weighted by Crippen LogP contribution is -2.42. The van der Waals surface area contributed by atoms with E-state index >= 15 is 0 Å². The Hall–Kier alpha value is -2.05. The van der Waals surface area contributed by atoms with Crippen molar-refractivity contribution < 1.29 is 63.8 Å². The monoisotopic (exact) mass is 494 g/mol. The Balaban J connectivity index is 0.00000121. The van der Waals surface area contributed by atoms with Gasteiger partial charge in [0.1, 0.15) is 5.75 Å². The van der Waals surface area contributed by atoms with Gasteiger partial charge in [-0.15, -0.1) is 0 Å². The van der Waals surface area contributed by atoms with Gasteiger partial charge in [-0.1, -0.05) is 11.6 Å². The summed E-state index contributed by atoms with van der Waals surface area (Å²) in [5.74, 6) is 1.22. The number of ether oxygens (including phenoxy) is 2. The van der Waals surface area contributed by atoms with Gasteiger partial charge in [-0.05, 0) is 25.3 Å². The quantitative estimate of drug-likeness (QED) is 0.127. The second-order valence-corrected chi connectivity index (χ2v) is 6.13. The number of rotatable bonds is 6. The van der Waals surface area contributed by atoms with E-state index in [-0.39, 0.29) is 17.2 Å². The number of esters is 1. The molecule has 184 valence electrons. The van der Waals surface area contributed by atoms with Crippen LogP contribution in [-0.2, 0) is 20.3 Å². The molecule has 0 saturated heterocycles. The molecule has 1 aliphatic heterocycles. The Bertz CT molecular complexity index is 772. The number of nitrogens with two attached hydrogens (primary N) is 1. The third kappa shape index (κ3) is 8.83. The van der Waals surface area contributed by atoms with Crippen molar-refractivity contribution in [2.24, 2.45) is 5.90 Å². The molecule has 32 heavy (non-hydrogen) atoms. The fraction of sp³-hybridized carbons (Fsp3) is 0.438. The number of nitrogens with one attached hydrogen (secondary N) is 1. The SMILES string of the molecule is CNCCO.NOCOC(=O)C1=Cc2cc(Cl)cc(C(O)(O)O)c2OC1C(F)(F)F.[NH3+]O. The van der Waals surface area contributed by atoms with Crippen LogP contribution in [-0.4, -0.2) is 70.9 Å². The first-order valence-corrected chi connectivity index (χ1v) is 8.76. The molecule has 0 aliphatic carbocycles. The molecule has 11 N–H and O–H groups in total. The summed E-state index contributed by atoms with van der Waals surface area (Å²) in [6, 6.07) is 1.89. The van der Waals surface area contributed by atoms with Gasteiger partial charge >= 0.3 is 18.1 Å². The van der Waals surface area contributed by atoms with Crippen LogP contribution in [0.2, 0.25) is 5.02 Å². The Labute approximate surface area is 184 Å². The minimum atomic E-state index is -5.06. The summed E-state index contributed by atoms with van der Waals surface area (Å²) in [6.45, 7) is 0.123. The number of aliphatic hydroxyl groups is 4. The lowest BCUT2D eigenvalue weighted by atomic mass is 9.98. The first kappa shape index (κ1) is 29.9. The van der Waals surface area contributed by atoms with Gasteiger partial charge in [-0.25, -0.2) is 21.8 Å². The highest BCUT2D eigenvalue weighted by molar-refractivity contribution is 6.31. The van der Waals surface area contributed by atoms with Crippen LogP contribution in [0, 0.1) is 0 Å². The van der Waals surface area contributed by atoms with Crippen LogP contribution in [0.1, 0.15) is 11.1 Å². The van der Waals surface area contributed by atoms with E-state index in [1.165, 1.54) is 0 Å². The fourth-order valence-corrected chi connectivity index (χ4v) is 2.45. The Morgan fingerprint density at radius 3 is 2.31 bits per heavy atom. The highest BCUT2D eigenvalue weighted by Crippen LogP contribution is 2.42. The standard InChI is InChI=1S/C13H11ClF3NO7.C3H9NO.H4NO/c14-6-1-5-2-7(11(19)23-4-24-18)10(12(15,16)17)25-9(5)8(3-6)13(20,21)22;1-4-2-3-5;1-2/h1-3,10,20-22H,4,18H2;4-5H,2-3H2,1H3;2H,1H3/q;;+1. The molecule has 0 bridgehead atoms. The predicted molar refractivity (Wildman–Crippen MR) is 100 cm³/mol. The van der Waals surface area contributed by atoms with Gasteiger partial charge in [0.25, 0.3) is 0 Å². The Morgan fingerprint density at radius 2 is 1.91 bits per heavy atom. The molecule has 0 aromatic heterocycles. The summed E-state index contributed by atoms with van der Waals surface area (Å²) < 4.78 is 48.8. The van der Waals surface area contributed by atoms with Crippen LogP contribution in [0.25, 0.3) is 6.08 Å². The molecular formula is C16H24ClF3N3O9+. The zero-order chi connectivity index (χ0) is 25.1. The van der Waals surface area contributed by atoms with E-state index in [1.807, 2.05) is 0 Å². The first-order chi connectivity index (χ1) is 14.9. The van der Waals surface area contributed by atoms with Gasteiger partial charge < -0.3 is 35.2 Å². The number of benzene rings is 1. The third-order valence-corrected chi connectivity index (χ3v) is 3.64. The summed E-state index contributed by atoms with van der Waals surface area (Å²) in [5.41, 5.74) is -2.01. The molecule has 0 amide bonds. The average Bonchev–Trinajstić information content (AvgIpc) is 2.71. The van der Waals surface area contributed by atoms with Gasteiger partial charge in [0.2, 0.25) is 12.9 Å². The number of halogens is 4. The molecule has 1 unspecified atom stereocenters. The molecule has 16 heteroatoms. The van der Waals surface area contributed by atoms with Gasteiger partial charge in [-0.3, -0.25) is 4.84 Å². The molecule has 1 aromatic rings. The number of hydrogen-bond donors (Lipinski definition) is 8. The van der Waals surface area contributed by atoms with E-state index in [0.717, 1.165) is 18.2 Å². The number of likely N-dealkylation sites (N-methyl/N-ethyl adjacent to an activating group) is 1. The van der Waals surface area contributed by atoms with Crippen molar-refractivity contribution in [2.75, 3.05) is 27.0 Å². The lowest BCUT2D eigenvalue weighted by molar-refractivity contribution is -0.670. The summed E-state index contributed by atoms with van der Waals surface area (Å²) in [6.07, 6.45) is -7.13. The number of carbonyl (C=O) groups is 1. The molecule has 1 aromatic carbocycles. The molecule has 1 aliphatic rings. The fourth-order valence-electron chi connectivity index (χ4n) is 2.22. The highest BCUT2D eigenvalue weighted by Gasteiger charge is 2.50. The molecule has 2 rings (SSSR count). The van der Waals surface area contributed by atoms with Crippen LogP contribution in [0.5, 0.6) is 5.75 Å². The second kappa shape index (κ2) is 13.5. The molecule has 0 saturated carbocycles. The number of quaternary nitrogens is 1. The maximum absolute atomic E-state index is 13.2. The van der Waals surface area contributed by atoms with E-state index < -0.39 is 47.9 Å². The number of fused-ring (bicyclic) bond motifs is 1. The zero-order valence-electron chi connectivity index (χ0n) is 16.6. The van der Waals surface area contributed by atoms with Crippen LogP contribution in [0.15, 0.2) is 17.7 Å². The molecular weight excluding hydrogens is 471 g/mol. The second-order valence-electron chi connectivity index (χ2n) is 5.69. The van der Waals surface area contributed by atoms with Gasteiger partial charge in [0.05, 0.1) is 17.7 Å². The molecule has 0 radical (unpaired) electrons. The van der Waals surface area contributed by atoms with Gasteiger partial charge in [0.15, 0.2) is 0 Å². The van der Waals surface area contributed by atoms with Crippen molar-refractivity contribution in [1.82, 2.24) is 5.32 Å². The topological polar surface area (TPSA) is 212 Å². The smallest absolute Gasteiger partial charge is 0.430 e. The van der Waals surface area contributed by atoms with E-state index in [2.05, 4.69) is 26.7 Å². The van der Waals surface area contributed by atoms with Crippen molar-refractivity contribution in [3.8, 4) is 5.75 Å². The molecule has 0 fully saturated rings. The van der Waals surface area contributed by atoms with Crippen molar-refractivity contribution in [2.45, 2.75) is 18.3 Å². The van der Waals surface area contributed by atoms with Crippen LogP contribution in [0.3, 0.4) is 0 Å². The van der Waals surface area contributed by atoms with Crippen LogP contribution < -0.4 is 21.8 Å². The van der Waals surface area contributed by atoms with Crippen LogP contribution in [0.4, 0.5) is 13.2 Å². The highest BCUT2D eigenvalue weighted by atomic mass is 35.5. The summed E-state index contributed by atoms with van der Waals surface area (Å²) in [4.78, 5) is 15.8. The van der Waals surface area contributed by atoms with E-state index in [1.54, 1.807) is 7.05 Å². The maximum Gasteiger partial charge on any atom is 0.430 e. The first-order valence-electron chi connectivity index (χ1n) is 8.38. The van der Waals surface area contributed by atoms with Gasteiger partial charge in [0, 0.05) is 17.1 Å². The molecule has 1 atom stereocenters. The normalized spacial score (nSPS) is 15.1. The minimum Gasteiger partial charge on any atom is -0.475 e. The van der Waals surface area contributed by atoms with Crippen molar-refractivity contribution >= 4 is 23.6 Å². The van der Waals surface area contributed by atoms with Crippen LogP contribution >= 0.6 is 11.6 Å². The third-order valence-electron chi connectivity index (χ3n) is 3.43. The van der Waals surface area contributed by atoms with E-state index in [4.69, 9.17) is 26.7 Å². The van der Waals surface area contributed by atoms with Crippen molar-refractivity contribution in [1.29, 1.82) is 0 Å². The Kier molecular flexibility index (Phi) is 12.6. The van der Waals surface area contributed by atoms with Crippen molar-refractivity contribution in [3.63, 3.8) is 0 Å².